The Morgan fingerprint density at radius 3 is 2.77 bits per heavy atom. The molecule has 0 amide bonds. The number of pyridine rings is 1. The lowest BCUT2D eigenvalue weighted by Crippen LogP contribution is -2.40. The molecule has 1 aromatic heterocycles. The molecule has 2 heterocycles. The van der Waals surface area contributed by atoms with E-state index in [-0.39, 0.29) is 24.0 Å². The van der Waals surface area contributed by atoms with Crippen molar-refractivity contribution in [1.82, 2.24) is 20.5 Å². The summed E-state index contributed by atoms with van der Waals surface area (Å²) >= 11 is 5.82. The summed E-state index contributed by atoms with van der Waals surface area (Å²) in [6.45, 7) is 6.41. The summed E-state index contributed by atoms with van der Waals surface area (Å²) in [6.07, 6.45) is 3.16. The summed E-state index contributed by atoms with van der Waals surface area (Å²) in [5.74, 6) is 0.720. The van der Waals surface area contributed by atoms with Gasteiger partial charge in [0.2, 0.25) is 0 Å². The fourth-order valence-corrected chi connectivity index (χ4v) is 3.60. The van der Waals surface area contributed by atoms with Crippen molar-refractivity contribution in [1.29, 1.82) is 0 Å². The molecule has 3 rings (SSSR count). The van der Waals surface area contributed by atoms with E-state index in [0.717, 1.165) is 50.5 Å². The fraction of sp³-hybridized carbons (Fsp3) is 0.455. The minimum atomic E-state index is -0.490. The molecule has 0 fully saturated rings. The molecule has 0 spiro atoms. The molecule has 1 unspecified atom stereocenters. The van der Waals surface area contributed by atoms with Gasteiger partial charge < -0.3 is 15.7 Å². The number of nitrogens with zero attached hydrogens (tertiary/aromatic N) is 3. The topological polar surface area (TPSA) is 72.8 Å². The first kappa shape index (κ1) is 24.8. The van der Waals surface area contributed by atoms with Crippen LogP contribution in [0.25, 0.3) is 0 Å². The van der Waals surface area contributed by atoms with Gasteiger partial charge in [0, 0.05) is 38.9 Å². The highest BCUT2D eigenvalue weighted by atomic mass is 127. The van der Waals surface area contributed by atoms with Gasteiger partial charge in [0.25, 0.3) is 0 Å². The lowest BCUT2D eigenvalue weighted by molar-refractivity contribution is 0.111. The van der Waals surface area contributed by atoms with Crippen LogP contribution < -0.4 is 10.6 Å². The van der Waals surface area contributed by atoms with E-state index in [1.54, 1.807) is 12.3 Å². The Kier molecular flexibility index (Phi) is 10.8. The Balaban J connectivity index is 0.00000320. The van der Waals surface area contributed by atoms with Gasteiger partial charge in [0.05, 0.1) is 12.6 Å². The molecule has 164 valence electrons. The van der Waals surface area contributed by atoms with Gasteiger partial charge in [-0.2, -0.15) is 0 Å². The fourth-order valence-electron chi connectivity index (χ4n) is 3.48. The molecule has 0 radical (unpaired) electrons. The van der Waals surface area contributed by atoms with Gasteiger partial charge in [0.15, 0.2) is 5.96 Å². The second kappa shape index (κ2) is 13.1. The standard InChI is InChI=1S/C22H30ClN5O.HI/c1-2-24-22(25-11-9-17-7-8-21(23)26-13-17)27-14-20(29)16-28-12-10-18-5-3-4-6-19(18)15-28;/h3-8,13,20,29H,2,9-12,14-16H2,1H3,(H2,24,25,27);1H. The Bertz CT molecular complexity index is 802. The number of halogens is 2. The van der Waals surface area contributed by atoms with Crippen LogP contribution in [0.1, 0.15) is 23.6 Å². The Morgan fingerprint density at radius 1 is 1.23 bits per heavy atom. The Morgan fingerprint density at radius 2 is 2.03 bits per heavy atom. The second-order valence-electron chi connectivity index (χ2n) is 7.29. The molecule has 2 aromatic rings. The zero-order valence-electron chi connectivity index (χ0n) is 17.4. The van der Waals surface area contributed by atoms with Crippen LogP contribution in [0.15, 0.2) is 47.6 Å². The molecular weight excluding hydrogens is 513 g/mol. The van der Waals surface area contributed by atoms with Gasteiger partial charge in [-0.1, -0.05) is 41.9 Å². The number of nitrogens with one attached hydrogen (secondary N) is 2. The van der Waals surface area contributed by atoms with Crippen molar-refractivity contribution in [3.8, 4) is 0 Å². The number of rotatable bonds is 8. The first-order valence-corrected chi connectivity index (χ1v) is 10.6. The maximum absolute atomic E-state index is 10.5. The molecule has 1 aromatic carbocycles. The quantitative estimate of drug-likeness (QED) is 0.207. The van der Waals surface area contributed by atoms with Crippen molar-refractivity contribution in [2.75, 3.05) is 32.7 Å². The van der Waals surface area contributed by atoms with Gasteiger partial charge >= 0.3 is 0 Å². The lowest BCUT2D eigenvalue weighted by Gasteiger charge is -2.30. The number of benzene rings is 1. The van der Waals surface area contributed by atoms with Crippen molar-refractivity contribution in [2.45, 2.75) is 32.4 Å². The molecule has 3 N–H and O–H groups in total. The molecule has 0 aliphatic carbocycles. The Hall–Kier alpha value is -1.42. The molecule has 1 atom stereocenters. The maximum atomic E-state index is 10.5. The van der Waals surface area contributed by atoms with Gasteiger partial charge in [-0.25, -0.2) is 4.98 Å². The number of guanidine groups is 1. The van der Waals surface area contributed by atoms with Gasteiger partial charge in [-0.3, -0.25) is 9.89 Å². The highest BCUT2D eigenvalue weighted by Crippen LogP contribution is 2.18. The van der Waals surface area contributed by atoms with E-state index < -0.39 is 6.10 Å². The summed E-state index contributed by atoms with van der Waals surface area (Å²) in [5, 5.41) is 17.5. The summed E-state index contributed by atoms with van der Waals surface area (Å²) in [6, 6.07) is 12.3. The number of aromatic nitrogens is 1. The zero-order chi connectivity index (χ0) is 20.5. The molecule has 0 saturated carbocycles. The van der Waals surface area contributed by atoms with Crippen LogP contribution >= 0.6 is 35.6 Å². The summed E-state index contributed by atoms with van der Waals surface area (Å²) < 4.78 is 0. The maximum Gasteiger partial charge on any atom is 0.191 e. The predicted molar refractivity (Wildman–Crippen MR) is 134 cm³/mol. The number of hydrogen-bond donors (Lipinski definition) is 3. The molecule has 0 saturated heterocycles. The highest BCUT2D eigenvalue weighted by molar-refractivity contribution is 14.0. The predicted octanol–water partition coefficient (Wildman–Crippen LogP) is 2.87. The van der Waals surface area contributed by atoms with E-state index in [9.17, 15) is 5.11 Å². The van der Waals surface area contributed by atoms with Crippen molar-refractivity contribution >= 4 is 41.5 Å². The number of aliphatic hydroxyl groups excluding tert-OH is 1. The van der Waals surface area contributed by atoms with Gasteiger partial charge in [0.1, 0.15) is 5.15 Å². The third kappa shape index (κ3) is 8.02. The first-order chi connectivity index (χ1) is 14.1. The SMILES string of the molecule is CCNC(=NCC(O)CN1CCc2ccccc2C1)NCCc1ccc(Cl)nc1.I. The number of aliphatic hydroxyl groups is 1. The van der Waals surface area contributed by atoms with E-state index in [1.165, 1.54) is 11.1 Å². The zero-order valence-corrected chi connectivity index (χ0v) is 20.4. The number of hydrogen-bond acceptors (Lipinski definition) is 4. The minimum absolute atomic E-state index is 0. The molecular formula is C22H31ClIN5O. The largest absolute Gasteiger partial charge is 0.390 e. The summed E-state index contributed by atoms with van der Waals surface area (Å²) in [4.78, 5) is 10.9. The van der Waals surface area contributed by atoms with Crippen LogP contribution in [-0.2, 0) is 19.4 Å². The third-order valence-corrected chi connectivity index (χ3v) is 5.20. The monoisotopic (exact) mass is 543 g/mol. The highest BCUT2D eigenvalue weighted by Gasteiger charge is 2.18. The normalized spacial score (nSPS) is 15.1. The number of fused-ring (bicyclic) bond motifs is 1. The average molecular weight is 544 g/mol. The van der Waals surface area contributed by atoms with Crippen molar-refractivity contribution in [3.63, 3.8) is 0 Å². The molecule has 0 bridgehead atoms. The average Bonchev–Trinajstić information content (AvgIpc) is 2.73. The summed E-state index contributed by atoms with van der Waals surface area (Å²) in [7, 11) is 0. The third-order valence-electron chi connectivity index (χ3n) is 4.98. The van der Waals surface area contributed by atoms with E-state index in [0.29, 0.717) is 18.2 Å². The van der Waals surface area contributed by atoms with Gasteiger partial charge in [-0.15, -0.1) is 24.0 Å². The molecule has 1 aliphatic heterocycles. The minimum Gasteiger partial charge on any atom is -0.390 e. The van der Waals surface area contributed by atoms with Crippen LogP contribution in [0.4, 0.5) is 0 Å². The van der Waals surface area contributed by atoms with Gasteiger partial charge in [-0.05, 0) is 42.5 Å². The van der Waals surface area contributed by atoms with E-state index in [4.69, 9.17) is 11.6 Å². The van der Waals surface area contributed by atoms with E-state index in [1.807, 2.05) is 13.0 Å². The van der Waals surface area contributed by atoms with Crippen molar-refractivity contribution in [3.05, 3.63) is 64.4 Å². The smallest absolute Gasteiger partial charge is 0.191 e. The molecule has 30 heavy (non-hydrogen) atoms. The van der Waals surface area contributed by atoms with Crippen molar-refractivity contribution in [2.24, 2.45) is 4.99 Å². The van der Waals surface area contributed by atoms with E-state index in [2.05, 4.69) is 49.8 Å². The summed E-state index contributed by atoms with van der Waals surface area (Å²) in [5.41, 5.74) is 3.90. The Labute approximate surface area is 201 Å². The molecule has 8 heteroatoms. The van der Waals surface area contributed by atoms with E-state index >= 15 is 0 Å². The first-order valence-electron chi connectivity index (χ1n) is 10.2. The van der Waals surface area contributed by atoms with Crippen LogP contribution in [0.3, 0.4) is 0 Å². The molecule has 1 aliphatic rings. The number of β-amino-alcohol motifs (C(OH)–C–C–N with tert-alkyl or cyclic N) is 1. The number of aliphatic imine (C=N–C) groups is 1. The lowest BCUT2D eigenvalue weighted by atomic mass is 10.00. The van der Waals surface area contributed by atoms with Crippen LogP contribution in [0.5, 0.6) is 0 Å². The second-order valence-corrected chi connectivity index (χ2v) is 7.68. The van der Waals surface area contributed by atoms with Crippen LogP contribution in [-0.4, -0.2) is 59.8 Å². The molecule has 6 nitrogen and oxygen atoms in total. The van der Waals surface area contributed by atoms with Crippen LogP contribution in [0.2, 0.25) is 5.15 Å². The van der Waals surface area contributed by atoms with Crippen molar-refractivity contribution < 1.29 is 5.11 Å². The van der Waals surface area contributed by atoms with Crippen LogP contribution in [0, 0.1) is 0 Å².